The van der Waals surface area contributed by atoms with Crippen LogP contribution in [0.25, 0.3) is 0 Å². The predicted octanol–water partition coefficient (Wildman–Crippen LogP) is 2.08. The molecular weight excluding hydrogens is 230 g/mol. The van der Waals surface area contributed by atoms with Gasteiger partial charge in [0.1, 0.15) is 5.75 Å². The molecule has 0 bridgehead atoms. The Bertz CT molecular complexity index is 440. The minimum absolute atomic E-state index is 0.0998. The van der Waals surface area contributed by atoms with Gasteiger partial charge in [-0.3, -0.25) is 4.79 Å². The van der Waals surface area contributed by atoms with Crippen molar-refractivity contribution in [3.05, 3.63) is 24.3 Å². The molecule has 1 aromatic rings. The highest BCUT2D eigenvalue weighted by molar-refractivity contribution is 5.80. The summed E-state index contributed by atoms with van der Waals surface area (Å²) < 4.78 is 10.1. The maximum atomic E-state index is 11.7. The number of methoxy groups -OCH3 is 2. The summed E-state index contributed by atoms with van der Waals surface area (Å²) in [5.41, 5.74) is 0.747. The number of benzene rings is 1. The Labute approximate surface area is 107 Å². The average Bonchev–Trinajstić information content (AvgIpc) is 3.18. The van der Waals surface area contributed by atoms with Crippen LogP contribution in [0.5, 0.6) is 5.75 Å². The smallest absolute Gasteiger partial charge is 0.313 e. The monoisotopic (exact) mass is 249 g/mol. The summed E-state index contributed by atoms with van der Waals surface area (Å²) in [5.74, 6) is 0.722. The summed E-state index contributed by atoms with van der Waals surface area (Å²) in [5, 5.41) is 0. The Morgan fingerprint density at radius 3 is 2.67 bits per heavy atom. The summed E-state index contributed by atoms with van der Waals surface area (Å²) in [7, 11) is 5.08. The van der Waals surface area contributed by atoms with Crippen molar-refractivity contribution in [3.8, 4) is 5.75 Å². The Hall–Kier alpha value is -1.71. The molecular formula is C14H19NO3. The van der Waals surface area contributed by atoms with Crippen molar-refractivity contribution in [1.82, 2.24) is 0 Å². The second kappa shape index (κ2) is 4.88. The van der Waals surface area contributed by atoms with Crippen LogP contribution in [0.3, 0.4) is 0 Å². The molecule has 0 unspecified atom stereocenters. The minimum atomic E-state index is -0.299. The summed E-state index contributed by atoms with van der Waals surface area (Å²) in [6, 6.07) is 7.83. The number of carbonyl (C=O) groups excluding carboxylic acids is 1. The fraction of sp³-hybridized carbons (Fsp3) is 0.500. The second-order valence-corrected chi connectivity index (χ2v) is 4.83. The molecule has 0 aliphatic heterocycles. The van der Waals surface area contributed by atoms with Crippen LogP contribution >= 0.6 is 0 Å². The fourth-order valence-electron chi connectivity index (χ4n) is 2.19. The van der Waals surface area contributed by atoms with E-state index >= 15 is 0 Å². The average molecular weight is 249 g/mol. The largest absolute Gasteiger partial charge is 0.497 e. The lowest BCUT2D eigenvalue weighted by Crippen LogP contribution is -2.32. The van der Waals surface area contributed by atoms with Gasteiger partial charge in [0.2, 0.25) is 0 Å². The molecule has 0 saturated heterocycles. The highest BCUT2D eigenvalue weighted by Crippen LogP contribution is 2.47. The molecule has 0 radical (unpaired) electrons. The Morgan fingerprint density at radius 1 is 1.39 bits per heavy atom. The first-order valence-corrected chi connectivity index (χ1v) is 6.05. The molecule has 0 heterocycles. The molecule has 0 amide bonds. The molecule has 18 heavy (non-hydrogen) atoms. The van der Waals surface area contributed by atoms with Gasteiger partial charge in [-0.15, -0.1) is 0 Å². The van der Waals surface area contributed by atoms with Crippen molar-refractivity contribution in [1.29, 1.82) is 0 Å². The quantitative estimate of drug-likeness (QED) is 0.749. The Balaban J connectivity index is 2.07. The standard InChI is InChI=1S/C14H19NO3/c1-15(10-14(7-8-14)13(16)18-3)11-5-4-6-12(9-11)17-2/h4-6,9H,7-8,10H2,1-3H3. The maximum absolute atomic E-state index is 11.7. The lowest BCUT2D eigenvalue weighted by molar-refractivity contribution is -0.146. The summed E-state index contributed by atoms with van der Waals surface area (Å²) >= 11 is 0. The van der Waals surface area contributed by atoms with E-state index in [0.29, 0.717) is 6.54 Å². The van der Waals surface area contributed by atoms with E-state index in [9.17, 15) is 4.79 Å². The van der Waals surface area contributed by atoms with Crippen molar-refractivity contribution < 1.29 is 14.3 Å². The number of rotatable bonds is 5. The van der Waals surface area contributed by atoms with Crippen molar-refractivity contribution in [2.24, 2.45) is 5.41 Å². The van der Waals surface area contributed by atoms with E-state index < -0.39 is 0 Å². The molecule has 0 atom stereocenters. The normalized spacial score (nSPS) is 15.9. The van der Waals surface area contributed by atoms with Crippen LogP contribution in [0.15, 0.2) is 24.3 Å². The summed E-state index contributed by atoms with van der Waals surface area (Å²) in [6.45, 7) is 0.687. The third-order valence-electron chi connectivity index (χ3n) is 3.51. The number of esters is 1. The van der Waals surface area contributed by atoms with Crippen LogP contribution in [0.4, 0.5) is 5.69 Å². The van der Waals surface area contributed by atoms with Crippen molar-refractivity contribution in [2.75, 3.05) is 32.7 Å². The van der Waals surface area contributed by atoms with Crippen LogP contribution < -0.4 is 9.64 Å². The first kappa shape index (κ1) is 12.7. The van der Waals surface area contributed by atoms with Gasteiger partial charge in [0, 0.05) is 25.3 Å². The van der Waals surface area contributed by atoms with Crippen LogP contribution in [0.1, 0.15) is 12.8 Å². The van der Waals surface area contributed by atoms with E-state index in [-0.39, 0.29) is 11.4 Å². The zero-order valence-electron chi connectivity index (χ0n) is 11.1. The van der Waals surface area contributed by atoms with E-state index in [4.69, 9.17) is 9.47 Å². The molecule has 0 aromatic heterocycles. The predicted molar refractivity (Wildman–Crippen MR) is 69.9 cm³/mol. The number of hydrogen-bond donors (Lipinski definition) is 0. The van der Waals surface area contributed by atoms with Gasteiger partial charge in [0.15, 0.2) is 0 Å². The molecule has 98 valence electrons. The van der Waals surface area contributed by atoms with Gasteiger partial charge in [-0.1, -0.05) is 6.07 Å². The summed E-state index contributed by atoms with van der Waals surface area (Å²) in [4.78, 5) is 13.8. The molecule has 1 fully saturated rings. The van der Waals surface area contributed by atoms with E-state index in [1.54, 1.807) is 7.11 Å². The topological polar surface area (TPSA) is 38.8 Å². The van der Waals surface area contributed by atoms with E-state index in [2.05, 4.69) is 4.90 Å². The maximum Gasteiger partial charge on any atom is 0.313 e. The lowest BCUT2D eigenvalue weighted by Gasteiger charge is -2.24. The van der Waals surface area contributed by atoms with Gasteiger partial charge in [-0.2, -0.15) is 0 Å². The molecule has 1 aliphatic rings. The van der Waals surface area contributed by atoms with E-state index in [1.807, 2.05) is 31.3 Å². The van der Waals surface area contributed by atoms with Crippen LogP contribution in [-0.2, 0) is 9.53 Å². The Kier molecular flexibility index (Phi) is 3.45. The first-order valence-electron chi connectivity index (χ1n) is 6.05. The fourth-order valence-corrected chi connectivity index (χ4v) is 2.19. The summed E-state index contributed by atoms with van der Waals surface area (Å²) in [6.07, 6.45) is 1.82. The first-order chi connectivity index (χ1) is 8.61. The SMILES string of the molecule is COC(=O)C1(CN(C)c2cccc(OC)c2)CC1. The third-order valence-corrected chi connectivity index (χ3v) is 3.51. The number of nitrogens with zero attached hydrogens (tertiary/aromatic N) is 1. The van der Waals surface area contributed by atoms with Crippen molar-refractivity contribution in [3.63, 3.8) is 0 Å². The number of ether oxygens (including phenoxy) is 2. The highest BCUT2D eigenvalue weighted by atomic mass is 16.5. The number of anilines is 1. The molecule has 0 spiro atoms. The second-order valence-electron chi connectivity index (χ2n) is 4.83. The highest BCUT2D eigenvalue weighted by Gasteiger charge is 2.51. The van der Waals surface area contributed by atoms with Crippen molar-refractivity contribution in [2.45, 2.75) is 12.8 Å². The van der Waals surface area contributed by atoms with Gasteiger partial charge < -0.3 is 14.4 Å². The van der Waals surface area contributed by atoms with E-state index in [0.717, 1.165) is 24.3 Å². The molecule has 0 N–H and O–H groups in total. The molecule has 4 heteroatoms. The number of hydrogen-bond acceptors (Lipinski definition) is 4. The van der Waals surface area contributed by atoms with Crippen LogP contribution in [0, 0.1) is 5.41 Å². The zero-order chi connectivity index (χ0) is 13.2. The van der Waals surface area contributed by atoms with E-state index in [1.165, 1.54) is 7.11 Å². The van der Waals surface area contributed by atoms with Gasteiger partial charge in [0.05, 0.1) is 19.6 Å². The van der Waals surface area contributed by atoms with Gasteiger partial charge in [-0.25, -0.2) is 0 Å². The van der Waals surface area contributed by atoms with Gasteiger partial charge in [0.25, 0.3) is 0 Å². The lowest BCUT2D eigenvalue weighted by atomic mass is 10.1. The number of carbonyl (C=O) groups is 1. The Morgan fingerprint density at radius 2 is 2.11 bits per heavy atom. The minimum Gasteiger partial charge on any atom is -0.497 e. The van der Waals surface area contributed by atoms with Gasteiger partial charge >= 0.3 is 5.97 Å². The molecule has 1 saturated carbocycles. The van der Waals surface area contributed by atoms with Crippen molar-refractivity contribution >= 4 is 11.7 Å². The van der Waals surface area contributed by atoms with Crippen LogP contribution in [-0.4, -0.2) is 33.8 Å². The molecule has 1 aliphatic carbocycles. The molecule has 4 nitrogen and oxygen atoms in total. The zero-order valence-corrected chi connectivity index (χ0v) is 11.1. The van der Waals surface area contributed by atoms with Crippen LogP contribution in [0.2, 0.25) is 0 Å². The molecule has 2 rings (SSSR count). The molecule has 1 aromatic carbocycles. The third kappa shape index (κ3) is 2.42. The van der Waals surface area contributed by atoms with Gasteiger partial charge in [-0.05, 0) is 25.0 Å².